The fourth-order valence-electron chi connectivity index (χ4n) is 1.44. The van der Waals surface area contributed by atoms with Crippen molar-refractivity contribution in [3.05, 3.63) is 0 Å². The van der Waals surface area contributed by atoms with E-state index in [2.05, 4.69) is 4.99 Å². The molecule has 1 rings (SSSR count). The van der Waals surface area contributed by atoms with Crippen LogP contribution in [0.15, 0.2) is 4.99 Å². The molecule has 0 saturated carbocycles. The van der Waals surface area contributed by atoms with Gasteiger partial charge in [-0.05, 0) is 20.8 Å². The molecular formula is C10H18N2OS. The van der Waals surface area contributed by atoms with Gasteiger partial charge in [-0.1, -0.05) is 0 Å². The third kappa shape index (κ3) is 3.33. The molecule has 0 aliphatic carbocycles. The van der Waals surface area contributed by atoms with Crippen molar-refractivity contribution in [3.8, 4) is 0 Å². The van der Waals surface area contributed by atoms with E-state index in [0.29, 0.717) is 5.71 Å². The molecule has 0 bridgehead atoms. The van der Waals surface area contributed by atoms with Crippen molar-refractivity contribution in [2.75, 3.05) is 24.6 Å². The molecular weight excluding hydrogens is 196 g/mol. The van der Waals surface area contributed by atoms with Gasteiger partial charge in [0.1, 0.15) is 0 Å². The zero-order valence-corrected chi connectivity index (χ0v) is 9.93. The number of aliphatic imine (C=N–C) groups is 1. The predicted octanol–water partition coefficient (Wildman–Crippen LogP) is 1.43. The van der Waals surface area contributed by atoms with E-state index in [9.17, 15) is 4.79 Å². The number of carbonyl (C=O) groups excluding carboxylic acids is 1. The van der Waals surface area contributed by atoms with Crippen molar-refractivity contribution in [2.45, 2.75) is 26.8 Å². The summed E-state index contributed by atoms with van der Waals surface area (Å²) in [6.07, 6.45) is 0. The van der Waals surface area contributed by atoms with Crippen LogP contribution in [-0.4, -0.2) is 47.2 Å². The van der Waals surface area contributed by atoms with E-state index in [1.165, 1.54) is 0 Å². The highest BCUT2D eigenvalue weighted by atomic mass is 32.2. The van der Waals surface area contributed by atoms with Gasteiger partial charge in [-0.3, -0.25) is 9.79 Å². The van der Waals surface area contributed by atoms with E-state index >= 15 is 0 Å². The molecule has 1 saturated heterocycles. The van der Waals surface area contributed by atoms with Gasteiger partial charge in [0, 0.05) is 30.6 Å². The van der Waals surface area contributed by atoms with Gasteiger partial charge in [0.15, 0.2) is 0 Å². The van der Waals surface area contributed by atoms with Crippen LogP contribution in [0.2, 0.25) is 0 Å². The third-order valence-electron chi connectivity index (χ3n) is 2.06. The first-order valence-corrected chi connectivity index (χ1v) is 6.18. The Balaban J connectivity index is 2.54. The number of hydrogen-bond acceptors (Lipinski definition) is 3. The number of hydrogen-bond donors (Lipinski definition) is 0. The van der Waals surface area contributed by atoms with Crippen LogP contribution in [0, 0.1) is 0 Å². The molecule has 1 aliphatic heterocycles. The summed E-state index contributed by atoms with van der Waals surface area (Å²) < 4.78 is 0. The summed E-state index contributed by atoms with van der Waals surface area (Å²) >= 11 is 1.91. The summed E-state index contributed by atoms with van der Waals surface area (Å²) in [4.78, 5) is 18.0. The normalized spacial score (nSPS) is 18.9. The standard InChI is InChI=1S/C10H18N2OS/c1-8(2)11-9(3)10(13)12-4-6-14-7-5-12/h8H,4-7H2,1-3H3. The van der Waals surface area contributed by atoms with E-state index in [1.807, 2.05) is 37.4 Å². The molecule has 0 N–H and O–H groups in total. The minimum Gasteiger partial charge on any atom is -0.336 e. The zero-order valence-electron chi connectivity index (χ0n) is 9.12. The van der Waals surface area contributed by atoms with E-state index in [1.54, 1.807) is 0 Å². The molecule has 1 heterocycles. The maximum absolute atomic E-state index is 11.8. The molecule has 1 aliphatic rings. The van der Waals surface area contributed by atoms with Crippen molar-refractivity contribution in [3.63, 3.8) is 0 Å². The second-order valence-electron chi connectivity index (χ2n) is 3.71. The van der Waals surface area contributed by atoms with E-state index in [4.69, 9.17) is 0 Å². The lowest BCUT2D eigenvalue weighted by molar-refractivity contribution is -0.123. The zero-order chi connectivity index (χ0) is 10.6. The monoisotopic (exact) mass is 214 g/mol. The Morgan fingerprint density at radius 3 is 2.43 bits per heavy atom. The summed E-state index contributed by atoms with van der Waals surface area (Å²) in [5.74, 6) is 2.22. The fraction of sp³-hybridized carbons (Fsp3) is 0.800. The molecule has 0 aromatic heterocycles. The molecule has 0 aromatic rings. The molecule has 0 unspecified atom stereocenters. The Bertz CT molecular complexity index is 232. The summed E-state index contributed by atoms with van der Waals surface area (Å²) in [7, 11) is 0. The van der Waals surface area contributed by atoms with E-state index in [0.717, 1.165) is 24.6 Å². The fourth-order valence-corrected chi connectivity index (χ4v) is 2.34. The highest BCUT2D eigenvalue weighted by molar-refractivity contribution is 7.99. The van der Waals surface area contributed by atoms with Crippen LogP contribution < -0.4 is 0 Å². The minimum atomic E-state index is 0.110. The first-order chi connectivity index (χ1) is 6.61. The van der Waals surface area contributed by atoms with Crippen molar-refractivity contribution in [1.82, 2.24) is 4.90 Å². The topological polar surface area (TPSA) is 32.7 Å². The van der Waals surface area contributed by atoms with Gasteiger partial charge in [0.2, 0.25) is 0 Å². The maximum Gasteiger partial charge on any atom is 0.267 e. The molecule has 0 atom stereocenters. The van der Waals surface area contributed by atoms with Gasteiger partial charge in [0.05, 0.1) is 5.71 Å². The number of nitrogens with zero attached hydrogens (tertiary/aromatic N) is 2. The van der Waals surface area contributed by atoms with Crippen molar-refractivity contribution < 1.29 is 4.79 Å². The lowest BCUT2D eigenvalue weighted by atomic mass is 10.3. The van der Waals surface area contributed by atoms with Crippen LogP contribution in [0.4, 0.5) is 0 Å². The Kier molecular flexibility index (Phi) is 4.45. The first kappa shape index (κ1) is 11.6. The van der Waals surface area contributed by atoms with Gasteiger partial charge >= 0.3 is 0 Å². The largest absolute Gasteiger partial charge is 0.336 e. The van der Waals surface area contributed by atoms with Crippen molar-refractivity contribution >= 4 is 23.4 Å². The first-order valence-electron chi connectivity index (χ1n) is 5.02. The third-order valence-corrected chi connectivity index (χ3v) is 3.00. The molecule has 4 heteroatoms. The van der Waals surface area contributed by atoms with Gasteiger partial charge < -0.3 is 4.90 Å². The maximum atomic E-state index is 11.8. The van der Waals surface area contributed by atoms with Crippen molar-refractivity contribution in [1.29, 1.82) is 0 Å². The summed E-state index contributed by atoms with van der Waals surface area (Å²) in [5, 5.41) is 0. The van der Waals surface area contributed by atoms with Crippen LogP contribution in [-0.2, 0) is 4.79 Å². The Hall–Kier alpha value is -0.510. The van der Waals surface area contributed by atoms with Crippen LogP contribution in [0.1, 0.15) is 20.8 Å². The van der Waals surface area contributed by atoms with Crippen molar-refractivity contribution in [2.24, 2.45) is 4.99 Å². The number of rotatable bonds is 2. The molecule has 0 spiro atoms. The highest BCUT2D eigenvalue weighted by Gasteiger charge is 2.18. The second kappa shape index (κ2) is 5.39. The minimum absolute atomic E-state index is 0.110. The summed E-state index contributed by atoms with van der Waals surface area (Å²) in [6.45, 7) is 7.53. The molecule has 0 aromatic carbocycles. The van der Waals surface area contributed by atoms with Gasteiger partial charge in [0.25, 0.3) is 5.91 Å². The summed E-state index contributed by atoms with van der Waals surface area (Å²) in [6, 6.07) is 0.207. The Morgan fingerprint density at radius 2 is 1.93 bits per heavy atom. The van der Waals surface area contributed by atoms with Crippen LogP contribution in [0.5, 0.6) is 0 Å². The number of carbonyl (C=O) groups is 1. The molecule has 3 nitrogen and oxygen atoms in total. The second-order valence-corrected chi connectivity index (χ2v) is 4.94. The quantitative estimate of drug-likeness (QED) is 0.651. The van der Waals surface area contributed by atoms with Gasteiger partial charge in [-0.25, -0.2) is 0 Å². The highest BCUT2D eigenvalue weighted by Crippen LogP contribution is 2.09. The molecule has 1 fully saturated rings. The smallest absolute Gasteiger partial charge is 0.267 e. The van der Waals surface area contributed by atoms with Gasteiger partial charge in [-0.2, -0.15) is 11.8 Å². The SMILES string of the molecule is CC(=NC(C)C)C(=O)N1CCSCC1. The van der Waals surface area contributed by atoms with E-state index in [-0.39, 0.29) is 11.9 Å². The van der Waals surface area contributed by atoms with Gasteiger partial charge in [-0.15, -0.1) is 0 Å². The Morgan fingerprint density at radius 1 is 1.36 bits per heavy atom. The Labute approximate surface area is 90.0 Å². The van der Waals surface area contributed by atoms with E-state index < -0.39 is 0 Å². The van der Waals surface area contributed by atoms with Crippen LogP contribution in [0.25, 0.3) is 0 Å². The molecule has 80 valence electrons. The van der Waals surface area contributed by atoms with Crippen LogP contribution >= 0.6 is 11.8 Å². The van der Waals surface area contributed by atoms with Crippen LogP contribution in [0.3, 0.4) is 0 Å². The summed E-state index contributed by atoms with van der Waals surface area (Å²) in [5.41, 5.74) is 0.645. The molecule has 1 amide bonds. The molecule has 0 radical (unpaired) electrons. The lowest BCUT2D eigenvalue weighted by Crippen LogP contribution is -2.41. The predicted molar refractivity (Wildman–Crippen MR) is 62.2 cm³/mol. The number of thioether (sulfide) groups is 1. The number of amides is 1. The average Bonchev–Trinajstić information content (AvgIpc) is 2.17. The lowest BCUT2D eigenvalue weighted by Gasteiger charge is -2.26. The average molecular weight is 214 g/mol. The molecule has 14 heavy (non-hydrogen) atoms.